The first-order chi connectivity index (χ1) is 12.4. The fourth-order valence-corrected chi connectivity index (χ4v) is 4.36. The number of Topliss-reactive ketones (excluding diaryl/α,β-unsaturated/α-hetero) is 1. The Hall–Kier alpha value is -2.94. The van der Waals surface area contributed by atoms with E-state index in [1.165, 1.54) is 22.8 Å². The van der Waals surface area contributed by atoms with Crippen LogP contribution in [0.3, 0.4) is 0 Å². The predicted octanol–water partition coefficient (Wildman–Crippen LogP) is 4.90. The molecule has 0 bridgehead atoms. The zero-order valence-corrected chi connectivity index (χ0v) is 14.8. The van der Waals surface area contributed by atoms with Crippen LogP contribution in [0.25, 0.3) is 0 Å². The van der Waals surface area contributed by atoms with Crippen molar-refractivity contribution in [1.82, 2.24) is 0 Å². The summed E-state index contributed by atoms with van der Waals surface area (Å²) in [5.41, 5.74) is 4.83. The second kappa shape index (κ2) is 5.80. The zero-order chi connectivity index (χ0) is 18.5. The lowest BCUT2D eigenvalue weighted by molar-refractivity contribution is 0.0692. The zero-order valence-electron chi connectivity index (χ0n) is 14.8. The summed E-state index contributed by atoms with van der Waals surface area (Å²) >= 11 is 0. The van der Waals surface area contributed by atoms with Crippen molar-refractivity contribution in [2.75, 3.05) is 0 Å². The first-order valence-electron chi connectivity index (χ1n) is 8.79. The molecule has 0 spiro atoms. The molecule has 0 radical (unpaired) electrons. The van der Waals surface area contributed by atoms with Crippen LogP contribution in [0.2, 0.25) is 0 Å². The molecular formula is C23H20O3. The van der Waals surface area contributed by atoms with Gasteiger partial charge in [0.2, 0.25) is 0 Å². The van der Waals surface area contributed by atoms with Gasteiger partial charge in [-0.3, -0.25) is 4.79 Å². The van der Waals surface area contributed by atoms with Crippen LogP contribution in [0.5, 0.6) is 0 Å². The molecule has 0 aliphatic heterocycles. The smallest absolute Gasteiger partial charge is 0.336 e. The highest BCUT2D eigenvalue weighted by Gasteiger charge is 2.42. The fraction of sp³-hybridized carbons (Fsp3) is 0.217. The molecule has 2 aromatic rings. The molecule has 2 aromatic carbocycles. The third kappa shape index (κ3) is 2.35. The summed E-state index contributed by atoms with van der Waals surface area (Å²) in [5.74, 6) is -1.09. The minimum atomic E-state index is -1.08. The third-order valence-corrected chi connectivity index (χ3v) is 5.69. The van der Waals surface area contributed by atoms with Gasteiger partial charge in [0.25, 0.3) is 0 Å². The number of rotatable bonds is 3. The lowest BCUT2D eigenvalue weighted by atomic mass is 9.76. The third-order valence-electron chi connectivity index (χ3n) is 5.69. The highest BCUT2D eigenvalue weighted by Crippen LogP contribution is 2.53. The predicted molar refractivity (Wildman–Crippen MR) is 101 cm³/mol. The number of carbonyl (C=O) groups is 2. The standard InChI is InChI=1S/C23H20O3/c1-23(2)19-10-6-5-7-15(19)18-13-14(11-12-20(18)23)21(24)16-8-3-4-9-17(16)22(25)26/h3-12,18H,13H2,1-2H3,(H,25,26). The number of hydrogen-bond acceptors (Lipinski definition) is 2. The summed E-state index contributed by atoms with van der Waals surface area (Å²) in [7, 11) is 0. The molecule has 26 heavy (non-hydrogen) atoms. The number of carbonyl (C=O) groups excluding carboxylic acids is 1. The second-order valence-corrected chi connectivity index (χ2v) is 7.46. The lowest BCUT2D eigenvalue weighted by Crippen LogP contribution is -2.19. The van der Waals surface area contributed by atoms with Crippen molar-refractivity contribution in [3.05, 3.63) is 94.1 Å². The molecule has 3 heteroatoms. The van der Waals surface area contributed by atoms with E-state index in [-0.39, 0.29) is 28.2 Å². The molecule has 2 aliphatic rings. The van der Waals surface area contributed by atoms with Crippen molar-refractivity contribution < 1.29 is 14.7 Å². The van der Waals surface area contributed by atoms with E-state index in [0.29, 0.717) is 12.0 Å². The van der Waals surface area contributed by atoms with E-state index >= 15 is 0 Å². The van der Waals surface area contributed by atoms with Crippen molar-refractivity contribution in [3.63, 3.8) is 0 Å². The minimum absolute atomic E-state index is 0.0503. The molecule has 0 amide bonds. The van der Waals surface area contributed by atoms with Crippen molar-refractivity contribution in [3.8, 4) is 0 Å². The van der Waals surface area contributed by atoms with Crippen LogP contribution < -0.4 is 0 Å². The molecule has 0 fully saturated rings. The molecule has 2 aliphatic carbocycles. The van der Waals surface area contributed by atoms with Crippen LogP contribution in [0.4, 0.5) is 0 Å². The molecule has 0 heterocycles. The van der Waals surface area contributed by atoms with E-state index in [1.54, 1.807) is 18.2 Å². The van der Waals surface area contributed by atoms with Crippen LogP contribution in [0.15, 0.2) is 71.8 Å². The highest BCUT2D eigenvalue weighted by atomic mass is 16.4. The molecule has 3 nitrogen and oxygen atoms in total. The van der Waals surface area contributed by atoms with Crippen molar-refractivity contribution in [2.45, 2.75) is 31.6 Å². The van der Waals surface area contributed by atoms with Gasteiger partial charge in [0.15, 0.2) is 5.78 Å². The van der Waals surface area contributed by atoms with Gasteiger partial charge < -0.3 is 5.11 Å². The summed E-state index contributed by atoms with van der Waals surface area (Å²) in [6.45, 7) is 4.44. The SMILES string of the molecule is CC1(C)C2=CC=C(C(=O)c3ccccc3C(=O)O)CC2c2ccccc21. The maximum Gasteiger partial charge on any atom is 0.336 e. The van der Waals surface area contributed by atoms with E-state index in [1.807, 2.05) is 12.1 Å². The Morgan fingerprint density at radius 1 is 0.962 bits per heavy atom. The average molecular weight is 344 g/mol. The second-order valence-electron chi connectivity index (χ2n) is 7.46. The topological polar surface area (TPSA) is 54.4 Å². The summed E-state index contributed by atoms with van der Waals surface area (Å²) in [4.78, 5) is 24.5. The Morgan fingerprint density at radius 2 is 1.62 bits per heavy atom. The number of allylic oxidation sites excluding steroid dienone is 4. The van der Waals surface area contributed by atoms with Crippen molar-refractivity contribution in [1.29, 1.82) is 0 Å². The van der Waals surface area contributed by atoms with Gasteiger partial charge >= 0.3 is 5.97 Å². The number of carboxylic acids is 1. The van der Waals surface area contributed by atoms with Crippen LogP contribution in [-0.2, 0) is 5.41 Å². The first kappa shape index (κ1) is 16.5. The number of benzene rings is 2. The maximum absolute atomic E-state index is 13.0. The monoisotopic (exact) mass is 344 g/mol. The van der Waals surface area contributed by atoms with Crippen molar-refractivity contribution in [2.24, 2.45) is 0 Å². The number of carboxylic acid groups (broad SMARTS) is 1. The Bertz CT molecular complexity index is 992. The first-order valence-corrected chi connectivity index (χ1v) is 8.79. The Balaban J connectivity index is 1.75. The molecule has 4 rings (SSSR count). The molecule has 0 aromatic heterocycles. The van der Waals surface area contributed by atoms with Crippen LogP contribution >= 0.6 is 0 Å². The number of ketones is 1. The Kier molecular flexibility index (Phi) is 3.69. The van der Waals surface area contributed by atoms with Gasteiger partial charge in [-0.05, 0) is 23.6 Å². The van der Waals surface area contributed by atoms with Crippen LogP contribution in [0, 0.1) is 0 Å². The van der Waals surface area contributed by atoms with Crippen molar-refractivity contribution >= 4 is 11.8 Å². The van der Waals surface area contributed by atoms with Crippen LogP contribution in [-0.4, -0.2) is 16.9 Å². The summed E-state index contributed by atoms with van der Waals surface area (Å²) in [6.07, 6.45) is 4.55. The molecule has 0 saturated carbocycles. The normalized spacial score (nSPS) is 19.8. The molecular weight excluding hydrogens is 324 g/mol. The summed E-state index contributed by atoms with van der Waals surface area (Å²) < 4.78 is 0. The van der Waals surface area contributed by atoms with E-state index in [0.717, 1.165) is 0 Å². The quantitative estimate of drug-likeness (QED) is 0.806. The Morgan fingerprint density at radius 3 is 2.35 bits per heavy atom. The Labute approximate surface area is 152 Å². The lowest BCUT2D eigenvalue weighted by Gasteiger charge is -2.27. The molecule has 1 N–H and O–H groups in total. The van der Waals surface area contributed by atoms with E-state index < -0.39 is 5.97 Å². The highest BCUT2D eigenvalue weighted by molar-refractivity contribution is 6.14. The summed E-state index contributed by atoms with van der Waals surface area (Å²) in [5, 5.41) is 9.38. The van der Waals surface area contributed by atoms with Gasteiger partial charge in [-0.2, -0.15) is 0 Å². The van der Waals surface area contributed by atoms with Gasteiger partial charge in [-0.15, -0.1) is 0 Å². The molecule has 130 valence electrons. The van der Waals surface area contributed by atoms with E-state index in [4.69, 9.17) is 0 Å². The maximum atomic E-state index is 13.0. The van der Waals surface area contributed by atoms with E-state index in [9.17, 15) is 14.7 Å². The van der Waals surface area contributed by atoms with Gasteiger partial charge in [0, 0.05) is 22.5 Å². The molecule has 1 atom stereocenters. The van der Waals surface area contributed by atoms with Gasteiger partial charge in [0.05, 0.1) is 5.56 Å². The summed E-state index contributed by atoms with van der Waals surface area (Å²) in [6, 6.07) is 14.8. The van der Waals surface area contributed by atoms with E-state index in [2.05, 4.69) is 38.1 Å². The van der Waals surface area contributed by atoms with Gasteiger partial charge in [-0.1, -0.05) is 74.0 Å². The minimum Gasteiger partial charge on any atom is -0.478 e. The van der Waals surface area contributed by atoms with Gasteiger partial charge in [-0.25, -0.2) is 4.79 Å². The van der Waals surface area contributed by atoms with Crippen LogP contribution in [0.1, 0.15) is 58.0 Å². The molecule has 0 saturated heterocycles. The number of hydrogen-bond donors (Lipinski definition) is 1. The number of fused-ring (bicyclic) bond motifs is 3. The van der Waals surface area contributed by atoms with Gasteiger partial charge in [0.1, 0.15) is 0 Å². The largest absolute Gasteiger partial charge is 0.478 e. The fourth-order valence-electron chi connectivity index (χ4n) is 4.36. The molecule has 1 unspecified atom stereocenters. The average Bonchev–Trinajstić information content (AvgIpc) is 2.89. The number of aromatic carboxylic acids is 1.